The zero-order valence-corrected chi connectivity index (χ0v) is 19.4. The van der Waals surface area contributed by atoms with E-state index in [1.807, 2.05) is 6.92 Å². The summed E-state index contributed by atoms with van der Waals surface area (Å²) in [6.07, 6.45) is -0.713. The normalized spacial score (nSPS) is 24.2. The molecule has 0 radical (unpaired) electrons. The fourth-order valence-corrected chi connectivity index (χ4v) is 6.59. The van der Waals surface area contributed by atoms with Crippen molar-refractivity contribution in [2.45, 2.75) is 54.9 Å². The van der Waals surface area contributed by atoms with Crippen LogP contribution in [0.15, 0.2) is 47.4 Å². The summed E-state index contributed by atoms with van der Waals surface area (Å²) >= 11 is 0. The van der Waals surface area contributed by atoms with E-state index < -0.39 is 38.2 Å². The molecule has 0 unspecified atom stereocenters. The summed E-state index contributed by atoms with van der Waals surface area (Å²) < 4.78 is 43.6. The summed E-state index contributed by atoms with van der Waals surface area (Å²) in [4.78, 5) is 12.8. The Hall–Kier alpha value is -2.78. The fraction of sp³-hybridized carbons (Fsp3) is 0.435. The molecule has 0 aromatic heterocycles. The van der Waals surface area contributed by atoms with Gasteiger partial charge in [0.05, 0.1) is 10.4 Å². The molecule has 0 bridgehead atoms. The van der Waals surface area contributed by atoms with Gasteiger partial charge in [0.1, 0.15) is 10.9 Å². The Morgan fingerprint density at radius 3 is 2.44 bits per heavy atom. The number of ether oxygens (including phenoxy) is 3. The number of fused-ring (bicyclic) bond motifs is 1. The average molecular weight is 461 g/mol. The van der Waals surface area contributed by atoms with Gasteiger partial charge in [-0.15, -0.1) is 0 Å². The maximum Gasteiger partial charge on any atom is 0.408 e. The van der Waals surface area contributed by atoms with Crippen LogP contribution in [0, 0.1) is 6.92 Å². The number of amides is 1. The Labute approximate surface area is 188 Å². The van der Waals surface area contributed by atoms with Gasteiger partial charge in [-0.05, 0) is 57.5 Å². The van der Waals surface area contributed by atoms with Gasteiger partial charge in [-0.25, -0.2) is 13.2 Å². The molecular formula is C23H28N2O6S. The number of alkyl carbamates (subject to hydrolysis) is 1. The third kappa shape index (κ3) is 3.91. The van der Waals surface area contributed by atoms with Crippen LogP contribution in [0.1, 0.15) is 37.8 Å². The van der Waals surface area contributed by atoms with Crippen LogP contribution in [0.2, 0.25) is 0 Å². The van der Waals surface area contributed by atoms with Gasteiger partial charge in [0, 0.05) is 12.5 Å². The zero-order chi connectivity index (χ0) is 23.3. The Bertz CT molecular complexity index is 1140. The SMILES string of the molecule is Cc1ccc(S(=O)(=O)[C@H]2[C@H](c3ccc4c(c3)OCO4)[C@@]2(CN)NC(=O)OC(C)(C)C)cc1. The number of nitrogens with one attached hydrogen (secondary N) is 1. The van der Waals surface area contributed by atoms with Gasteiger partial charge in [0.25, 0.3) is 0 Å². The Kier molecular flexibility index (Phi) is 5.37. The van der Waals surface area contributed by atoms with E-state index in [9.17, 15) is 13.2 Å². The molecule has 2 aromatic carbocycles. The standard InChI is InChI=1S/C23H28N2O6S/c1-14-5-8-16(9-6-14)32(27,28)20-19(15-7-10-17-18(11-15)30-13-29-17)23(20,12-24)25-21(26)31-22(2,3)4/h5-11,19-20H,12-13,24H2,1-4H3,(H,25,26)/t19-,20-,23+/m0/s1. The molecule has 9 heteroatoms. The number of benzene rings is 2. The molecule has 1 heterocycles. The first-order valence-corrected chi connectivity index (χ1v) is 11.9. The first-order valence-electron chi connectivity index (χ1n) is 10.4. The van der Waals surface area contributed by atoms with E-state index in [0.29, 0.717) is 17.1 Å². The van der Waals surface area contributed by atoms with Crippen LogP contribution in [0.25, 0.3) is 0 Å². The molecule has 1 saturated carbocycles. The highest BCUT2D eigenvalue weighted by atomic mass is 32.2. The van der Waals surface area contributed by atoms with Crippen molar-refractivity contribution in [3.8, 4) is 11.5 Å². The molecule has 1 fully saturated rings. The molecule has 2 aromatic rings. The van der Waals surface area contributed by atoms with Crippen LogP contribution in [0.5, 0.6) is 11.5 Å². The molecule has 1 aliphatic carbocycles. The summed E-state index contributed by atoms with van der Waals surface area (Å²) in [5, 5.41) is 1.83. The lowest BCUT2D eigenvalue weighted by Gasteiger charge is -2.24. The van der Waals surface area contributed by atoms with Crippen molar-refractivity contribution in [2.75, 3.05) is 13.3 Å². The maximum atomic E-state index is 13.7. The topological polar surface area (TPSA) is 117 Å². The van der Waals surface area contributed by atoms with Gasteiger partial charge in [-0.1, -0.05) is 23.8 Å². The number of hydrogen-bond donors (Lipinski definition) is 2. The van der Waals surface area contributed by atoms with E-state index in [-0.39, 0.29) is 18.2 Å². The maximum absolute atomic E-state index is 13.7. The van der Waals surface area contributed by atoms with Crippen molar-refractivity contribution in [3.63, 3.8) is 0 Å². The number of sulfone groups is 1. The number of carbonyl (C=O) groups is 1. The van der Waals surface area contributed by atoms with Crippen LogP contribution < -0.4 is 20.5 Å². The first kappa shape index (κ1) is 22.4. The van der Waals surface area contributed by atoms with E-state index in [1.165, 1.54) is 0 Å². The largest absolute Gasteiger partial charge is 0.454 e. The van der Waals surface area contributed by atoms with Crippen molar-refractivity contribution in [3.05, 3.63) is 53.6 Å². The minimum Gasteiger partial charge on any atom is -0.454 e. The predicted molar refractivity (Wildman–Crippen MR) is 119 cm³/mol. The van der Waals surface area contributed by atoms with Crippen LogP contribution in [-0.2, 0) is 14.6 Å². The number of nitrogens with two attached hydrogens (primary N) is 1. The van der Waals surface area contributed by atoms with Crippen LogP contribution in [-0.4, -0.2) is 44.2 Å². The molecule has 3 atom stereocenters. The van der Waals surface area contributed by atoms with Crippen molar-refractivity contribution in [1.29, 1.82) is 0 Å². The van der Waals surface area contributed by atoms with E-state index in [1.54, 1.807) is 63.2 Å². The molecule has 0 spiro atoms. The predicted octanol–water partition coefficient (Wildman–Crippen LogP) is 2.89. The second-order valence-electron chi connectivity index (χ2n) is 9.24. The molecule has 4 rings (SSSR count). The van der Waals surface area contributed by atoms with Gasteiger partial charge in [0.15, 0.2) is 21.3 Å². The highest BCUT2D eigenvalue weighted by Crippen LogP contribution is 2.58. The van der Waals surface area contributed by atoms with Gasteiger partial charge in [-0.2, -0.15) is 0 Å². The molecule has 1 amide bonds. The lowest BCUT2D eigenvalue weighted by atomic mass is 10.1. The lowest BCUT2D eigenvalue weighted by molar-refractivity contribution is 0.0497. The van der Waals surface area contributed by atoms with Gasteiger partial charge >= 0.3 is 6.09 Å². The molecule has 32 heavy (non-hydrogen) atoms. The number of rotatable bonds is 5. The third-order valence-corrected chi connectivity index (χ3v) is 8.06. The zero-order valence-electron chi connectivity index (χ0n) is 18.5. The van der Waals surface area contributed by atoms with E-state index in [0.717, 1.165) is 5.56 Å². The monoisotopic (exact) mass is 460 g/mol. The summed E-state index contributed by atoms with van der Waals surface area (Å²) in [5.74, 6) is 0.538. The van der Waals surface area contributed by atoms with E-state index in [2.05, 4.69) is 5.32 Å². The lowest BCUT2D eigenvalue weighted by Crippen LogP contribution is -2.49. The number of aryl methyl sites for hydroxylation is 1. The Balaban J connectivity index is 1.75. The summed E-state index contributed by atoms with van der Waals surface area (Å²) in [7, 11) is -3.83. The molecule has 8 nitrogen and oxygen atoms in total. The Morgan fingerprint density at radius 2 is 1.81 bits per heavy atom. The van der Waals surface area contributed by atoms with Gasteiger partial charge in [0.2, 0.25) is 6.79 Å². The van der Waals surface area contributed by atoms with Crippen molar-refractivity contribution < 1.29 is 27.4 Å². The minimum absolute atomic E-state index is 0.0822. The molecule has 0 saturated heterocycles. The van der Waals surface area contributed by atoms with Crippen molar-refractivity contribution in [1.82, 2.24) is 5.32 Å². The van der Waals surface area contributed by atoms with E-state index >= 15 is 0 Å². The summed E-state index contributed by atoms with van der Waals surface area (Å²) in [6.45, 7) is 7.13. The number of hydrogen-bond acceptors (Lipinski definition) is 7. The highest BCUT2D eigenvalue weighted by Gasteiger charge is 2.72. The molecule has 1 aliphatic heterocycles. The van der Waals surface area contributed by atoms with Crippen LogP contribution >= 0.6 is 0 Å². The van der Waals surface area contributed by atoms with Crippen LogP contribution in [0.4, 0.5) is 4.79 Å². The highest BCUT2D eigenvalue weighted by molar-refractivity contribution is 7.92. The van der Waals surface area contributed by atoms with Crippen molar-refractivity contribution in [2.24, 2.45) is 5.73 Å². The second-order valence-corrected chi connectivity index (χ2v) is 11.3. The summed E-state index contributed by atoms with van der Waals surface area (Å²) in [5.41, 5.74) is 5.80. The second kappa shape index (κ2) is 7.67. The first-order chi connectivity index (χ1) is 15.0. The van der Waals surface area contributed by atoms with Gasteiger partial charge < -0.3 is 25.3 Å². The van der Waals surface area contributed by atoms with Crippen molar-refractivity contribution >= 4 is 15.9 Å². The number of carbonyl (C=O) groups excluding carboxylic acids is 1. The third-order valence-electron chi connectivity index (χ3n) is 5.77. The van der Waals surface area contributed by atoms with E-state index in [4.69, 9.17) is 19.9 Å². The average Bonchev–Trinajstić information content (AvgIpc) is 3.13. The van der Waals surface area contributed by atoms with Gasteiger partial charge in [-0.3, -0.25) is 0 Å². The molecule has 172 valence electrons. The molecule has 3 N–H and O–H groups in total. The summed E-state index contributed by atoms with van der Waals surface area (Å²) in [6, 6.07) is 11.9. The molecular weight excluding hydrogens is 432 g/mol. The fourth-order valence-electron chi connectivity index (χ4n) is 4.25. The molecule has 2 aliphatic rings. The van der Waals surface area contributed by atoms with Crippen LogP contribution in [0.3, 0.4) is 0 Å². The quantitative estimate of drug-likeness (QED) is 0.705. The Morgan fingerprint density at radius 1 is 1.16 bits per heavy atom. The smallest absolute Gasteiger partial charge is 0.408 e. The minimum atomic E-state index is -3.83.